The predicted octanol–water partition coefficient (Wildman–Crippen LogP) is 7.62. The summed E-state index contributed by atoms with van der Waals surface area (Å²) in [6.07, 6.45) is 0. The van der Waals surface area contributed by atoms with E-state index in [1.807, 2.05) is 36.4 Å². The average Bonchev–Trinajstić information content (AvgIpc) is 2.88. The van der Waals surface area contributed by atoms with E-state index >= 15 is 0 Å². The van der Waals surface area contributed by atoms with E-state index in [0.29, 0.717) is 33.8 Å². The number of hydrogen-bond acceptors (Lipinski definition) is 5. The molecule has 0 aromatic heterocycles. The zero-order chi connectivity index (χ0) is 26.7. The van der Waals surface area contributed by atoms with Crippen LogP contribution in [0.4, 0.5) is 0 Å². The average molecular weight is 491 g/mol. The standard InChI is InChI=1S/C32H26O5/c1-19(33)23-5-9-25(10-6-23)29-15-13-27(21(3)35)17-31(29)37-32-18-28(22(4)36)14-16-30(32)26-11-7-24(8-12-26)20(2)34/h5-18H,1-4H3. The molecule has 5 heteroatoms. The van der Waals surface area contributed by atoms with Crippen LogP contribution < -0.4 is 4.74 Å². The van der Waals surface area contributed by atoms with Gasteiger partial charge in [0.05, 0.1) is 0 Å². The van der Waals surface area contributed by atoms with Crippen LogP contribution in [0.3, 0.4) is 0 Å². The van der Waals surface area contributed by atoms with E-state index in [2.05, 4.69) is 0 Å². The molecule has 0 aliphatic heterocycles. The van der Waals surface area contributed by atoms with Gasteiger partial charge in [0.1, 0.15) is 11.5 Å². The van der Waals surface area contributed by atoms with E-state index in [0.717, 1.165) is 22.3 Å². The number of carbonyl (C=O) groups excluding carboxylic acids is 4. The summed E-state index contributed by atoms with van der Waals surface area (Å²) in [6.45, 7) is 5.99. The lowest BCUT2D eigenvalue weighted by molar-refractivity contribution is 0.100. The molecule has 4 rings (SSSR count). The summed E-state index contributed by atoms with van der Waals surface area (Å²) in [5.74, 6) is 0.589. The summed E-state index contributed by atoms with van der Waals surface area (Å²) in [7, 11) is 0. The maximum absolute atomic E-state index is 12.2. The second kappa shape index (κ2) is 10.5. The van der Waals surface area contributed by atoms with Crippen molar-refractivity contribution in [1.82, 2.24) is 0 Å². The number of rotatable bonds is 8. The highest BCUT2D eigenvalue weighted by Crippen LogP contribution is 2.39. The molecule has 0 bridgehead atoms. The minimum Gasteiger partial charge on any atom is -0.456 e. The Hall–Kier alpha value is -4.64. The van der Waals surface area contributed by atoms with Gasteiger partial charge in [-0.3, -0.25) is 19.2 Å². The highest BCUT2D eigenvalue weighted by molar-refractivity contribution is 5.98. The molecular formula is C32H26O5. The molecule has 0 heterocycles. The van der Waals surface area contributed by atoms with Gasteiger partial charge in [0.15, 0.2) is 23.1 Å². The smallest absolute Gasteiger partial charge is 0.159 e. The topological polar surface area (TPSA) is 77.5 Å². The minimum absolute atomic E-state index is 0.0311. The van der Waals surface area contributed by atoms with Crippen molar-refractivity contribution in [3.8, 4) is 33.8 Å². The molecule has 0 amide bonds. The predicted molar refractivity (Wildman–Crippen MR) is 144 cm³/mol. The van der Waals surface area contributed by atoms with E-state index < -0.39 is 0 Å². The van der Waals surface area contributed by atoms with Crippen LogP contribution in [-0.2, 0) is 0 Å². The molecule has 0 radical (unpaired) electrons. The Morgan fingerprint density at radius 3 is 1.03 bits per heavy atom. The summed E-state index contributed by atoms with van der Waals surface area (Å²) >= 11 is 0. The Kier molecular flexibility index (Phi) is 7.25. The molecule has 0 spiro atoms. The minimum atomic E-state index is -0.110. The third kappa shape index (κ3) is 5.62. The number of ketones is 4. The van der Waals surface area contributed by atoms with Crippen molar-refractivity contribution in [3.63, 3.8) is 0 Å². The van der Waals surface area contributed by atoms with E-state index in [9.17, 15) is 19.2 Å². The van der Waals surface area contributed by atoms with Crippen molar-refractivity contribution in [1.29, 1.82) is 0 Å². The molecule has 0 aliphatic rings. The Morgan fingerprint density at radius 2 is 0.730 bits per heavy atom. The Bertz CT molecular complexity index is 1410. The van der Waals surface area contributed by atoms with Gasteiger partial charge in [0, 0.05) is 33.4 Å². The molecule has 4 aromatic rings. The number of benzene rings is 4. The Balaban J connectivity index is 1.86. The maximum Gasteiger partial charge on any atom is 0.159 e. The van der Waals surface area contributed by atoms with E-state index in [1.54, 1.807) is 48.5 Å². The molecule has 37 heavy (non-hydrogen) atoms. The van der Waals surface area contributed by atoms with E-state index in [-0.39, 0.29) is 23.1 Å². The van der Waals surface area contributed by atoms with Crippen molar-refractivity contribution in [3.05, 3.63) is 107 Å². The van der Waals surface area contributed by atoms with Crippen LogP contribution in [0, 0.1) is 0 Å². The van der Waals surface area contributed by atoms with Gasteiger partial charge in [0.25, 0.3) is 0 Å². The third-order valence-corrected chi connectivity index (χ3v) is 6.20. The van der Waals surface area contributed by atoms with Gasteiger partial charge in [-0.05, 0) is 63.1 Å². The van der Waals surface area contributed by atoms with E-state index in [1.165, 1.54) is 27.7 Å². The van der Waals surface area contributed by atoms with Crippen molar-refractivity contribution in [2.45, 2.75) is 27.7 Å². The normalized spacial score (nSPS) is 10.6. The van der Waals surface area contributed by atoms with E-state index in [4.69, 9.17) is 4.74 Å². The van der Waals surface area contributed by atoms with Crippen molar-refractivity contribution < 1.29 is 23.9 Å². The summed E-state index contributed by atoms with van der Waals surface area (Å²) in [5, 5.41) is 0. The van der Waals surface area contributed by atoms with Gasteiger partial charge >= 0.3 is 0 Å². The fourth-order valence-electron chi connectivity index (χ4n) is 4.02. The summed E-state index contributed by atoms with van der Waals surface area (Å²) in [6, 6.07) is 24.8. The van der Waals surface area contributed by atoms with Gasteiger partial charge in [0.2, 0.25) is 0 Å². The summed E-state index contributed by atoms with van der Waals surface area (Å²) in [4.78, 5) is 47.8. The second-order valence-electron chi connectivity index (χ2n) is 8.90. The van der Waals surface area contributed by atoms with Crippen LogP contribution in [0.1, 0.15) is 69.1 Å². The number of carbonyl (C=O) groups is 4. The second-order valence-corrected chi connectivity index (χ2v) is 8.90. The highest BCUT2D eigenvalue weighted by Gasteiger charge is 2.16. The summed E-state index contributed by atoms with van der Waals surface area (Å²) < 4.78 is 6.45. The fraction of sp³-hybridized carbons (Fsp3) is 0.125. The van der Waals surface area contributed by atoms with Gasteiger partial charge < -0.3 is 4.74 Å². The van der Waals surface area contributed by atoms with Crippen LogP contribution in [-0.4, -0.2) is 23.1 Å². The fourth-order valence-corrected chi connectivity index (χ4v) is 4.02. The number of ether oxygens (including phenoxy) is 1. The quantitative estimate of drug-likeness (QED) is 0.237. The molecular weight excluding hydrogens is 464 g/mol. The number of Topliss-reactive ketones (excluding diaryl/α,β-unsaturated/α-hetero) is 4. The SMILES string of the molecule is CC(=O)c1ccc(-c2ccc(C(C)=O)cc2Oc2cc(C(C)=O)ccc2-c2ccc(C(C)=O)cc2)cc1. The summed E-state index contributed by atoms with van der Waals surface area (Å²) in [5.41, 5.74) is 5.23. The first-order valence-electron chi connectivity index (χ1n) is 11.8. The van der Waals surface area contributed by atoms with Crippen LogP contribution in [0.5, 0.6) is 11.5 Å². The lowest BCUT2D eigenvalue weighted by Gasteiger charge is -2.17. The molecule has 4 aromatic carbocycles. The largest absolute Gasteiger partial charge is 0.456 e. The molecule has 0 aliphatic carbocycles. The molecule has 0 fully saturated rings. The Labute approximate surface area is 215 Å². The maximum atomic E-state index is 12.2. The third-order valence-electron chi connectivity index (χ3n) is 6.20. The van der Waals surface area contributed by atoms with Crippen molar-refractivity contribution in [2.24, 2.45) is 0 Å². The van der Waals surface area contributed by atoms with Crippen LogP contribution in [0.15, 0.2) is 84.9 Å². The van der Waals surface area contributed by atoms with Crippen LogP contribution in [0.2, 0.25) is 0 Å². The lowest BCUT2D eigenvalue weighted by Crippen LogP contribution is -1.99. The van der Waals surface area contributed by atoms with Crippen LogP contribution >= 0.6 is 0 Å². The molecule has 0 saturated heterocycles. The van der Waals surface area contributed by atoms with Gasteiger partial charge in [-0.1, -0.05) is 60.7 Å². The van der Waals surface area contributed by atoms with Crippen molar-refractivity contribution >= 4 is 23.1 Å². The van der Waals surface area contributed by atoms with Gasteiger partial charge in [-0.2, -0.15) is 0 Å². The lowest BCUT2D eigenvalue weighted by atomic mass is 9.98. The van der Waals surface area contributed by atoms with Crippen molar-refractivity contribution in [2.75, 3.05) is 0 Å². The first-order chi connectivity index (χ1) is 17.6. The van der Waals surface area contributed by atoms with Gasteiger partial charge in [-0.25, -0.2) is 0 Å². The molecule has 0 atom stereocenters. The number of hydrogen-bond donors (Lipinski definition) is 0. The first-order valence-corrected chi connectivity index (χ1v) is 11.8. The zero-order valence-electron chi connectivity index (χ0n) is 21.1. The molecule has 184 valence electrons. The zero-order valence-corrected chi connectivity index (χ0v) is 21.1. The Morgan fingerprint density at radius 1 is 0.432 bits per heavy atom. The highest BCUT2D eigenvalue weighted by atomic mass is 16.5. The molecule has 0 unspecified atom stereocenters. The molecule has 5 nitrogen and oxygen atoms in total. The monoisotopic (exact) mass is 490 g/mol. The van der Waals surface area contributed by atoms with Crippen LogP contribution in [0.25, 0.3) is 22.3 Å². The molecule has 0 N–H and O–H groups in total. The first kappa shape index (κ1) is 25.5. The molecule has 0 saturated carbocycles. The van der Waals surface area contributed by atoms with Gasteiger partial charge in [-0.15, -0.1) is 0 Å².